The van der Waals surface area contributed by atoms with E-state index in [1.165, 1.54) is 12.1 Å². The van der Waals surface area contributed by atoms with Crippen LogP contribution < -0.4 is 4.72 Å². The van der Waals surface area contributed by atoms with Crippen molar-refractivity contribution in [1.82, 2.24) is 10.2 Å². The molecule has 2 aromatic heterocycles. The normalized spacial score (nSPS) is 14.6. The molecule has 3 aromatic rings. The van der Waals surface area contributed by atoms with Crippen molar-refractivity contribution in [3.05, 3.63) is 47.3 Å². The number of aryl methyl sites for hydroxylation is 2. The SMILES string of the molecule is Cc1ccc(NS(=O)(=O)c2ccc(-c3nnc(C4CC4)o3)o2)cc1C. The van der Waals surface area contributed by atoms with Gasteiger partial charge < -0.3 is 8.83 Å². The first-order chi connectivity index (χ1) is 11.9. The summed E-state index contributed by atoms with van der Waals surface area (Å²) in [7, 11) is -3.83. The van der Waals surface area contributed by atoms with Crippen molar-refractivity contribution in [1.29, 1.82) is 0 Å². The second kappa shape index (κ2) is 5.73. The molecule has 1 fully saturated rings. The molecule has 2 heterocycles. The number of hydrogen-bond donors (Lipinski definition) is 1. The van der Waals surface area contributed by atoms with Gasteiger partial charge in [-0.05, 0) is 62.1 Å². The molecule has 25 heavy (non-hydrogen) atoms. The number of nitrogens with zero attached hydrogens (tertiary/aromatic N) is 2. The predicted octanol–water partition coefficient (Wildman–Crippen LogP) is 3.62. The minimum Gasteiger partial charge on any atom is -0.438 e. The monoisotopic (exact) mass is 359 g/mol. The van der Waals surface area contributed by atoms with Crippen LogP contribution in [-0.4, -0.2) is 18.6 Å². The van der Waals surface area contributed by atoms with Gasteiger partial charge in [-0.1, -0.05) is 6.07 Å². The lowest BCUT2D eigenvalue weighted by molar-refractivity contribution is 0.435. The number of hydrogen-bond acceptors (Lipinski definition) is 6. The molecule has 8 heteroatoms. The maximum absolute atomic E-state index is 12.5. The molecule has 1 N–H and O–H groups in total. The summed E-state index contributed by atoms with van der Waals surface area (Å²) in [6, 6.07) is 8.23. The van der Waals surface area contributed by atoms with Gasteiger partial charge in [0.2, 0.25) is 11.0 Å². The van der Waals surface area contributed by atoms with Crippen molar-refractivity contribution < 1.29 is 17.3 Å². The highest BCUT2D eigenvalue weighted by molar-refractivity contribution is 7.92. The Labute approximate surface area is 145 Å². The van der Waals surface area contributed by atoms with Crippen molar-refractivity contribution in [3.8, 4) is 11.7 Å². The Morgan fingerprint density at radius 2 is 1.84 bits per heavy atom. The Morgan fingerprint density at radius 1 is 1.04 bits per heavy atom. The molecular weight excluding hydrogens is 342 g/mol. The molecule has 4 rings (SSSR count). The lowest BCUT2D eigenvalue weighted by Gasteiger charge is -2.07. The van der Waals surface area contributed by atoms with E-state index in [1.54, 1.807) is 12.1 Å². The number of nitrogens with one attached hydrogen (secondary N) is 1. The van der Waals surface area contributed by atoms with Crippen molar-refractivity contribution >= 4 is 15.7 Å². The molecule has 0 spiro atoms. The predicted molar refractivity (Wildman–Crippen MR) is 90.7 cm³/mol. The number of furan rings is 1. The van der Waals surface area contributed by atoms with Crippen molar-refractivity contribution in [2.24, 2.45) is 0 Å². The van der Waals surface area contributed by atoms with Crippen LogP contribution in [0.3, 0.4) is 0 Å². The van der Waals surface area contributed by atoms with Crippen LogP contribution in [0.25, 0.3) is 11.7 Å². The quantitative estimate of drug-likeness (QED) is 0.747. The van der Waals surface area contributed by atoms with E-state index in [-0.39, 0.29) is 16.7 Å². The van der Waals surface area contributed by atoms with Gasteiger partial charge in [0, 0.05) is 11.6 Å². The van der Waals surface area contributed by atoms with Crippen LogP contribution in [0.15, 0.2) is 44.3 Å². The van der Waals surface area contributed by atoms with Crippen molar-refractivity contribution in [2.75, 3.05) is 4.72 Å². The van der Waals surface area contributed by atoms with E-state index in [9.17, 15) is 8.42 Å². The van der Waals surface area contributed by atoms with Crippen molar-refractivity contribution in [2.45, 2.75) is 37.7 Å². The minimum atomic E-state index is -3.83. The van der Waals surface area contributed by atoms with Gasteiger partial charge in [-0.15, -0.1) is 10.2 Å². The van der Waals surface area contributed by atoms with Gasteiger partial charge in [0.1, 0.15) is 0 Å². The maximum Gasteiger partial charge on any atom is 0.295 e. The third-order valence-corrected chi connectivity index (χ3v) is 5.44. The van der Waals surface area contributed by atoms with Crippen LogP contribution in [0.4, 0.5) is 5.69 Å². The second-order valence-corrected chi connectivity index (χ2v) is 7.86. The molecule has 1 aliphatic carbocycles. The summed E-state index contributed by atoms with van der Waals surface area (Å²) < 4.78 is 38.5. The Hall–Kier alpha value is -2.61. The maximum atomic E-state index is 12.5. The second-order valence-electron chi connectivity index (χ2n) is 6.24. The van der Waals surface area contributed by atoms with Crippen LogP contribution in [0.1, 0.15) is 35.8 Å². The van der Waals surface area contributed by atoms with Gasteiger partial charge in [0.15, 0.2) is 5.76 Å². The largest absolute Gasteiger partial charge is 0.438 e. The summed E-state index contributed by atoms with van der Waals surface area (Å²) in [4.78, 5) is 0. The highest BCUT2D eigenvalue weighted by Gasteiger charge is 2.30. The van der Waals surface area contributed by atoms with Gasteiger partial charge in [-0.25, -0.2) is 0 Å². The first kappa shape index (κ1) is 15.9. The highest BCUT2D eigenvalue weighted by Crippen LogP contribution is 2.40. The molecule has 1 saturated carbocycles. The van der Waals surface area contributed by atoms with Gasteiger partial charge >= 0.3 is 0 Å². The zero-order valence-corrected chi connectivity index (χ0v) is 14.6. The summed E-state index contributed by atoms with van der Waals surface area (Å²) in [5.74, 6) is 1.32. The zero-order valence-electron chi connectivity index (χ0n) is 13.8. The minimum absolute atomic E-state index is 0.189. The third kappa shape index (κ3) is 3.17. The number of sulfonamides is 1. The molecule has 130 valence electrons. The van der Waals surface area contributed by atoms with Crippen LogP contribution >= 0.6 is 0 Å². The van der Waals surface area contributed by atoms with E-state index in [1.807, 2.05) is 19.9 Å². The highest BCUT2D eigenvalue weighted by atomic mass is 32.2. The van der Waals surface area contributed by atoms with Gasteiger partial charge in [0.25, 0.3) is 15.9 Å². The molecule has 0 amide bonds. The zero-order chi connectivity index (χ0) is 17.6. The van der Waals surface area contributed by atoms with Gasteiger partial charge in [0.05, 0.1) is 0 Å². The molecule has 0 bridgehead atoms. The molecule has 1 aliphatic rings. The topological polar surface area (TPSA) is 98.2 Å². The Kier molecular flexibility index (Phi) is 3.64. The summed E-state index contributed by atoms with van der Waals surface area (Å²) >= 11 is 0. The van der Waals surface area contributed by atoms with Crippen LogP contribution in [0.2, 0.25) is 0 Å². The molecule has 0 aliphatic heterocycles. The molecule has 0 atom stereocenters. The Bertz CT molecular complexity index is 1030. The summed E-state index contributed by atoms with van der Waals surface area (Å²) in [6.07, 6.45) is 2.08. The van der Waals surface area contributed by atoms with Crippen LogP contribution in [-0.2, 0) is 10.0 Å². The molecule has 7 nitrogen and oxygen atoms in total. The third-order valence-electron chi connectivity index (χ3n) is 4.18. The number of rotatable bonds is 5. The Balaban J connectivity index is 1.57. The fourth-order valence-electron chi connectivity index (χ4n) is 2.42. The average Bonchev–Trinajstić information content (AvgIpc) is 3.10. The molecular formula is C17H17N3O4S. The standard InChI is InChI=1S/C17H17N3O4S/c1-10-3-6-13(9-11(10)2)20-25(21,22)15-8-7-14(23-15)17-19-18-16(24-17)12-4-5-12/h3,6-9,12,20H,4-5H2,1-2H3. The summed E-state index contributed by atoms with van der Waals surface area (Å²) in [5.41, 5.74) is 2.57. The lowest BCUT2D eigenvalue weighted by Crippen LogP contribution is -2.12. The van der Waals surface area contributed by atoms with Crippen LogP contribution in [0, 0.1) is 13.8 Å². The van der Waals surface area contributed by atoms with E-state index < -0.39 is 10.0 Å². The number of aromatic nitrogens is 2. The van der Waals surface area contributed by atoms with E-state index in [0.717, 1.165) is 24.0 Å². The lowest BCUT2D eigenvalue weighted by atomic mass is 10.1. The van der Waals surface area contributed by atoms with E-state index >= 15 is 0 Å². The number of benzene rings is 1. The summed E-state index contributed by atoms with van der Waals surface area (Å²) in [6.45, 7) is 3.89. The van der Waals surface area contributed by atoms with Gasteiger partial charge in [-0.2, -0.15) is 8.42 Å². The molecule has 0 unspecified atom stereocenters. The molecule has 0 radical (unpaired) electrons. The number of anilines is 1. The molecule has 1 aromatic carbocycles. The fourth-order valence-corrected chi connectivity index (χ4v) is 3.40. The van der Waals surface area contributed by atoms with Crippen molar-refractivity contribution in [3.63, 3.8) is 0 Å². The average molecular weight is 359 g/mol. The fraction of sp³-hybridized carbons (Fsp3) is 0.294. The first-order valence-electron chi connectivity index (χ1n) is 7.96. The smallest absolute Gasteiger partial charge is 0.295 e. The van der Waals surface area contributed by atoms with Crippen LogP contribution in [0.5, 0.6) is 0 Å². The van der Waals surface area contributed by atoms with E-state index in [4.69, 9.17) is 8.83 Å². The molecule has 0 saturated heterocycles. The van der Waals surface area contributed by atoms with E-state index in [2.05, 4.69) is 14.9 Å². The van der Waals surface area contributed by atoms with Gasteiger partial charge in [-0.3, -0.25) is 4.72 Å². The first-order valence-corrected chi connectivity index (χ1v) is 9.44. The van der Waals surface area contributed by atoms with E-state index in [0.29, 0.717) is 17.5 Å². The summed E-state index contributed by atoms with van der Waals surface area (Å²) in [5, 5.41) is 7.69. The Morgan fingerprint density at radius 3 is 2.56 bits per heavy atom.